The molecule has 8 heteroatoms. The Hall–Kier alpha value is -3.75. The normalized spacial score (nSPS) is 17.9. The highest BCUT2D eigenvalue weighted by molar-refractivity contribution is 5.91. The molecule has 0 amide bonds. The van der Waals surface area contributed by atoms with Crippen LogP contribution in [0.25, 0.3) is 39.4 Å². The first kappa shape index (κ1) is 26.5. The molecule has 2 aliphatic rings. The molecule has 4 aromatic heterocycles. The maximum absolute atomic E-state index is 5.09. The number of hydrogen-bond donors (Lipinski definition) is 2. The van der Waals surface area contributed by atoms with Crippen LogP contribution in [0.1, 0.15) is 43.0 Å². The second-order valence-electron chi connectivity index (χ2n) is 11.2. The molecule has 8 nitrogen and oxygen atoms in total. The van der Waals surface area contributed by atoms with Crippen molar-refractivity contribution in [3.8, 4) is 22.6 Å². The number of likely N-dealkylation sites (tertiary alicyclic amines) is 1. The number of nitrogens with zero attached hydrogens (tertiary/aromatic N) is 6. The minimum Gasteiger partial charge on any atom is -0.368 e. The second-order valence-corrected chi connectivity index (χ2v) is 11.2. The van der Waals surface area contributed by atoms with Crippen molar-refractivity contribution < 1.29 is 0 Å². The lowest BCUT2D eigenvalue weighted by molar-refractivity contribution is 0.207. The van der Waals surface area contributed by atoms with Gasteiger partial charge in [-0.05, 0) is 82.7 Å². The highest BCUT2D eigenvalue weighted by Crippen LogP contribution is 2.32. The SMILES string of the molecule is C/C=C\C=C(/c1cc(-c2n[nH]c3ccc(-c4cncc(CN5CCCCC5)c4)nc23)[nH]c1C)N1CCN(C)CC1. The van der Waals surface area contributed by atoms with E-state index in [1.807, 2.05) is 12.4 Å². The van der Waals surface area contributed by atoms with E-state index in [2.05, 4.69) is 93.2 Å². The molecule has 2 N–H and O–H groups in total. The third kappa shape index (κ3) is 5.60. The van der Waals surface area contributed by atoms with Crippen molar-refractivity contribution in [2.45, 2.75) is 39.7 Å². The Morgan fingerprint density at radius 2 is 1.82 bits per heavy atom. The summed E-state index contributed by atoms with van der Waals surface area (Å²) < 4.78 is 0. The first-order valence-corrected chi connectivity index (χ1v) is 14.6. The molecule has 0 bridgehead atoms. The van der Waals surface area contributed by atoms with Gasteiger partial charge in [0.05, 0.1) is 16.9 Å². The van der Waals surface area contributed by atoms with E-state index in [4.69, 9.17) is 10.1 Å². The number of aromatic nitrogens is 5. The van der Waals surface area contributed by atoms with Crippen molar-refractivity contribution in [3.63, 3.8) is 0 Å². The first-order valence-electron chi connectivity index (χ1n) is 14.6. The van der Waals surface area contributed by atoms with Gasteiger partial charge in [0.25, 0.3) is 0 Å². The van der Waals surface area contributed by atoms with Crippen LogP contribution in [0.3, 0.4) is 0 Å². The van der Waals surface area contributed by atoms with Crippen LogP contribution in [0.2, 0.25) is 0 Å². The molecule has 0 spiro atoms. The number of piperazine rings is 1. The number of nitrogens with one attached hydrogen (secondary N) is 2. The molecule has 0 unspecified atom stereocenters. The number of likely N-dealkylation sites (N-methyl/N-ethyl adjacent to an activating group) is 1. The number of aromatic amines is 2. The number of hydrogen-bond acceptors (Lipinski definition) is 6. The zero-order valence-electron chi connectivity index (χ0n) is 24.0. The first-order chi connectivity index (χ1) is 19.6. The molecule has 208 valence electrons. The zero-order valence-corrected chi connectivity index (χ0v) is 24.0. The van der Waals surface area contributed by atoms with Gasteiger partial charge in [-0.2, -0.15) is 5.10 Å². The smallest absolute Gasteiger partial charge is 0.135 e. The van der Waals surface area contributed by atoms with Gasteiger partial charge >= 0.3 is 0 Å². The second kappa shape index (κ2) is 11.8. The molecule has 2 fully saturated rings. The Kier molecular flexibility index (Phi) is 7.80. The Morgan fingerprint density at radius 3 is 2.62 bits per heavy atom. The van der Waals surface area contributed by atoms with E-state index in [-0.39, 0.29) is 0 Å². The predicted octanol–water partition coefficient (Wildman–Crippen LogP) is 5.47. The molecule has 0 aliphatic carbocycles. The van der Waals surface area contributed by atoms with Gasteiger partial charge in [-0.25, -0.2) is 4.98 Å². The van der Waals surface area contributed by atoms with Gasteiger partial charge in [-0.15, -0.1) is 0 Å². The highest BCUT2D eigenvalue weighted by Gasteiger charge is 2.22. The number of allylic oxidation sites excluding steroid dienone is 3. The minimum atomic E-state index is 0.840. The van der Waals surface area contributed by atoms with E-state index in [0.29, 0.717) is 0 Å². The lowest BCUT2D eigenvalue weighted by Gasteiger charge is -2.35. The predicted molar refractivity (Wildman–Crippen MR) is 163 cm³/mol. The standard InChI is InChI=1S/C32H40N8/c1-4-5-9-30(40-16-14-38(3)15-17-40)26-19-29(34-23(26)2)32-31-28(36-37-32)11-10-27(35-31)25-18-24(20-33-21-25)22-39-12-7-6-8-13-39/h4-5,9-11,18-21,34H,6-8,12-17,22H2,1-3H3,(H,36,37)/b5-4-,30-9+. The minimum absolute atomic E-state index is 0.840. The summed E-state index contributed by atoms with van der Waals surface area (Å²) in [6, 6.07) is 8.60. The van der Waals surface area contributed by atoms with E-state index in [0.717, 1.165) is 72.1 Å². The molecule has 40 heavy (non-hydrogen) atoms. The Labute approximate surface area is 236 Å². The fraction of sp³-hybridized carbons (Fsp3) is 0.406. The van der Waals surface area contributed by atoms with E-state index < -0.39 is 0 Å². The maximum atomic E-state index is 5.09. The third-order valence-corrected chi connectivity index (χ3v) is 8.19. The van der Waals surface area contributed by atoms with Gasteiger partial charge in [0, 0.05) is 67.6 Å². The summed E-state index contributed by atoms with van der Waals surface area (Å²) in [5.74, 6) is 0. The van der Waals surface area contributed by atoms with Crippen molar-refractivity contribution in [2.75, 3.05) is 46.3 Å². The molecule has 6 rings (SSSR count). The van der Waals surface area contributed by atoms with Crippen molar-refractivity contribution in [1.82, 2.24) is 39.8 Å². The van der Waals surface area contributed by atoms with E-state index in [1.54, 1.807) is 0 Å². The van der Waals surface area contributed by atoms with Gasteiger partial charge in [-0.1, -0.05) is 18.6 Å². The van der Waals surface area contributed by atoms with Crippen molar-refractivity contribution in [3.05, 3.63) is 71.7 Å². The summed E-state index contributed by atoms with van der Waals surface area (Å²) in [5.41, 5.74) is 10.4. The third-order valence-electron chi connectivity index (χ3n) is 8.19. The summed E-state index contributed by atoms with van der Waals surface area (Å²) in [5, 5.41) is 7.89. The number of fused-ring (bicyclic) bond motifs is 1. The fourth-order valence-electron chi connectivity index (χ4n) is 5.89. The summed E-state index contributed by atoms with van der Waals surface area (Å²) >= 11 is 0. The molecule has 2 saturated heterocycles. The molecule has 2 aliphatic heterocycles. The van der Waals surface area contributed by atoms with Gasteiger partial charge in [-0.3, -0.25) is 15.0 Å². The van der Waals surface area contributed by atoms with Crippen LogP contribution in [-0.4, -0.2) is 86.2 Å². The fourth-order valence-corrected chi connectivity index (χ4v) is 5.89. The van der Waals surface area contributed by atoms with Crippen LogP contribution in [-0.2, 0) is 6.54 Å². The molecule has 6 heterocycles. The molecular formula is C32H40N8. The van der Waals surface area contributed by atoms with Gasteiger partial charge in [0.1, 0.15) is 11.2 Å². The van der Waals surface area contributed by atoms with Gasteiger partial charge in [0.2, 0.25) is 0 Å². The number of H-pyrrole nitrogens is 2. The number of piperidine rings is 1. The van der Waals surface area contributed by atoms with Crippen molar-refractivity contribution >= 4 is 16.7 Å². The Balaban J connectivity index is 1.31. The number of rotatable bonds is 7. The average molecular weight is 537 g/mol. The highest BCUT2D eigenvalue weighted by atomic mass is 15.3. The largest absolute Gasteiger partial charge is 0.368 e. The molecule has 0 aromatic carbocycles. The lowest BCUT2D eigenvalue weighted by atomic mass is 10.1. The quantitative estimate of drug-likeness (QED) is 0.305. The van der Waals surface area contributed by atoms with Crippen LogP contribution >= 0.6 is 0 Å². The zero-order chi connectivity index (χ0) is 27.5. The molecule has 4 aromatic rings. The maximum Gasteiger partial charge on any atom is 0.135 e. The van der Waals surface area contributed by atoms with Crippen LogP contribution in [0.4, 0.5) is 0 Å². The van der Waals surface area contributed by atoms with Crippen LogP contribution < -0.4 is 0 Å². The summed E-state index contributed by atoms with van der Waals surface area (Å²) in [6.45, 7) is 11.7. The van der Waals surface area contributed by atoms with E-state index in [9.17, 15) is 0 Å². The van der Waals surface area contributed by atoms with E-state index in [1.165, 1.54) is 49.2 Å². The van der Waals surface area contributed by atoms with Crippen molar-refractivity contribution in [2.24, 2.45) is 0 Å². The average Bonchev–Trinajstić information content (AvgIpc) is 3.58. The number of aryl methyl sites for hydroxylation is 1. The lowest BCUT2D eigenvalue weighted by Crippen LogP contribution is -2.43. The molecule has 0 radical (unpaired) electrons. The Bertz CT molecular complexity index is 1510. The molecule has 0 atom stereocenters. The summed E-state index contributed by atoms with van der Waals surface area (Å²) in [6.07, 6.45) is 14.3. The molecule has 0 saturated carbocycles. The van der Waals surface area contributed by atoms with Crippen LogP contribution in [0.5, 0.6) is 0 Å². The molecular weight excluding hydrogens is 496 g/mol. The van der Waals surface area contributed by atoms with Crippen LogP contribution in [0.15, 0.2) is 54.9 Å². The van der Waals surface area contributed by atoms with Crippen LogP contribution in [0, 0.1) is 6.92 Å². The van der Waals surface area contributed by atoms with Gasteiger partial charge < -0.3 is 14.8 Å². The number of pyridine rings is 2. The topological polar surface area (TPSA) is 80.0 Å². The van der Waals surface area contributed by atoms with Gasteiger partial charge in [0.15, 0.2) is 0 Å². The monoisotopic (exact) mass is 536 g/mol. The van der Waals surface area contributed by atoms with E-state index >= 15 is 0 Å². The summed E-state index contributed by atoms with van der Waals surface area (Å²) in [4.78, 5) is 20.7. The van der Waals surface area contributed by atoms with Crippen molar-refractivity contribution in [1.29, 1.82) is 0 Å². The Morgan fingerprint density at radius 1 is 1.00 bits per heavy atom. The summed E-state index contributed by atoms with van der Waals surface area (Å²) in [7, 11) is 2.19.